The summed E-state index contributed by atoms with van der Waals surface area (Å²) in [6, 6.07) is 7.07. The predicted molar refractivity (Wildman–Crippen MR) is 98.1 cm³/mol. The number of likely N-dealkylation sites (tertiary alicyclic amines) is 1. The van der Waals surface area contributed by atoms with Crippen LogP contribution in [0.5, 0.6) is 0 Å². The Morgan fingerprint density at radius 3 is 2.96 bits per heavy atom. The number of carboxylic acid groups (broad SMARTS) is 1. The Morgan fingerprint density at radius 1 is 1.26 bits per heavy atom. The number of hydrogen-bond donors (Lipinski definition) is 1. The Balaban J connectivity index is 1.39. The molecule has 1 amide bonds. The third-order valence-electron chi connectivity index (χ3n) is 5.39. The second-order valence-corrected chi connectivity index (χ2v) is 7.25. The summed E-state index contributed by atoms with van der Waals surface area (Å²) >= 11 is 0. The van der Waals surface area contributed by atoms with Crippen molar-refractivity contribution in [2.24, 2.45) is 0 Å². The average Bonchev–Trinajstić information content (AvgIpc) is 3.10. The van der Waals surface area contributed by atoms with Crippen LogP contribution in [0.2, 0.25) is 0 Å². The minimum Gasteiger partial charge on any atom is -0.478 e. The minimum atomic E-state index is -0.919. The molecular weight excluding hydrogens is 344 g/mol. The van der Waals surface area contributed by atoms with E-state index in [2.05, 4.69) is 14.9 Å². The Kier molecular flexibility index (Phi) is 4.85. The molecule has 2 aliphatic rings. The van der Waals surface area contributed by atoms with E-state index in [0.717, 1.165) is 36.2 Å². The molecule has 1 atom stereocenters. The molecule has 4 rings (SSSR count). The van der Waals surface area contributed by atoms with Crippen molar-refractivity contribution in [3.63, 3.8) is 0 Å². The highest BCUT2D eigenvalue weighted by atomic mass is 16.4. The molecule has 7 nitrogen and oxygen atoms in total. The molecule has 1 saturated heterocycles. The monoisotopic (exact) mass is 366 g/mol. The van der Waals surface area contributed by atoms with Gasteiger partial charge in [0.05, 0.1) is 17.8 Å². The van der Waals surface area contributed by atoms with Gasteiger partial charge in [0, 0.05) is 43.9 Å². The Labute approximate surface area is 157 Å². The summed E-state index contributed by atoms with van der Waals surface area (Å²) in [4.78, 5) is 36.4. The van der Waals surface area contributed by atoms with Crippen LogP contribution in [0.4, 0.5) is 0 Å². The van der Waals surface area contributed by atoms with Gasteiger partial charge in [0.2, 0.25) is 5.91 Å². The Morgan fingerprint density at radius 2 is 2.15 bits per heavy atom. The fourth-order valence-corrected chi connectivity index (χ4v) is 3.97. The number of aromatic carboxylic acids is 1. The van der Waals surface area contributed by atoms with Gasteiger partial charge in [-0.15, -0.1) is 0 Å². The fraction of sp³-hybridized carbons (Fsp3) is 0.400. The highest BCUT2D eigenvalue weighted by Crippen LogP contribution is 2.28. The van der Waals surface area contributed by atoms with Gasteiger partial charge in [-0.2, -0.15) is 0 Å². The molecular formula is C20H22N4O3. The highest BCUT2D eigenvalue weighted by Gasteiger charge is 2.28. The summed E-state index contributed by atoms with van der Waals surface area (Å²) in [6.07, 6.45) is 5.26. The molecule has 0 unspecified atom stereocenters. The van der Waals surface area contributed by atoms with Crippen molar-refractivity contribution in [3.8, 4) is 0 Å². The molecule has 1 aromatic carbocycles. The molecule has 2 aromatic rings. The zero-order valence-corrected chi connectivity index (χ0v) is 15.0. The van der Waals surface area contributed by atoms with Gasteiger partial charge in [-0.05, 0) is 30.5 Å². The lowest BCUT2D eigenvalue weighted by atomic mass is 9.89. The zero-order valence-electron chi connectivity index (χ0n) is 15.0. The summed E-state index contributed by atoms with van der Waals surface area (Å²) in [6.45, 7) is 3.16. The van der Waals surface area contributed by atoms with Crippen LogP contribution in [0.15, 0.2) is 36.8 Å². The first kappa shape index (κ1) is 17.6. The predicted octanol–water partition coefficient (Wildman–Crippen LogP) is 1.90. The third-order valence-corrected chi connectivity index (χ3v) is 5.39. The van der Waals surface area contributed by atoms with Crippen LogP contribution < -0.4 is 0 Å². The third kappa shape index (κ3) is 3.83. The topological polar surface area (TPSA) is 86.6 Å². The highest BCUT2D eigenvalue weighted by molar-refractivity contribution is 5.87. The maximum absolute atomic E-state index is 12.8. The quantitative estimate of drug-likeness (QED) is 0.889. The number of fused-ring (bicyclic) bond motifs is 1. The van der Waals surface area contributed by atoms with Gasteiger partial charge >= 0.3 is 5.97 Å². The number of nitrogens with zero attached hydrogens (tertiary/aromatic N) is 4. The fourth-order valence-electron chi connectivity index (χ4n) is 3.97. The van der Waals surface area contributed by atoms with Gasteiger partial charge in [-0.3, -0.25) is 9.69 Å². The van der Waals surface area contributed by atoms with Crippen molar-refractivity contribution in [1.82, 2.24) is 19.8 Å². The Bertz CT molecular complexity index is 845. The lowest BCUT2D eigenvalue weighted by molar-refractivity contribution is -0.133. The van der Waals surface area contributed by atoms with Gasteiger partial charge in [-0.1, -0.05) is 12.1 Å². The van der Waals surface area contributed by atoms with Gasteiger partial charge in [0.1, 0.15) is 6.33 Å². The SMILES string of the molecule is O=C(O)c1cccc([C@@H]2CCCN(C(=O)CN3Cc4cncnc4C3)C2)c1. The molecule has 0 saturated carbocycles. The minimum absolute atomic E-state index is 0.120. The number of piperidine rings is 1. The maximum atomic E-state index is 12.8. The first-order valence-electron chi connectivity index (χ1n) is 9.21. The van der Waals surface area contributed by atoms with E-state index in [1.165, 1.54) is 0 Å². The van der Waals surface area contributed by atoms with Crippen LogP contribution in [0.1, 0.15) is 45.9 Å². The standard InChI is InChI=1S/C20H22N4O3/c25-19(12-23-9-17-8-21-13-22-18(17)11-23)24-6-2-5-16(10-24)14-3-1-4-15(7-14)20(26)27/h1,3-4,7-8,13,16H,2,5-6,9-12H2,(H,26,27)/t16-/m1/s1. The number of carbonyl (C=O) groups excluding carboxylic acids is 1. The summed E-state index contributed by atoms with van der Waals surface area (Å²) in [5.74, 6) is -0.615. The molecule has 27 heavy (non-hydrogen) atoms. The van der Waals surface area contributed by atoms with Crippen molar-refractivity contribution < 1.29 is 14.7 Å². The van der Waals surface area contributed by atoms with Crippen molar-refractivity contribution >= 4 is 11.9 Å². The molecule has 7 heteroatoms. The molecule has 1 aromatic heterocycles. The number of amides is 1. The molecule has 0 aliphatic carbocycles. The van der Waals surface area contributed by atoms with E-state index >= 15 is 0 Å². The second-order valence-electron chi connectivity index (χ2n) is 7.25. The second kappa shape index (κ2) is 7.44. The number of hydrogen-bond acceptors (Lipinski definition) is 5. The Hall–Kier alpha value is -2.80. The van der Waals surface area contributed by atoms with E-state index in [9.17, 15) is 14.7 Å². The molecule has 3 heterocycles. The van der Waals surface area contributed by atoms with Gasteiger partial charge in [0.25, 0.3) is 0 Å². The van der Waals surface area contributed by atoms with E-state index in [1.54, 1.807) is 24.5 Å². The van der Waals surface area contributed by atoms with Crippen LogP contribution >= 0.6 is 0 Å². The number of carbonyl (C=O) groups is 2. The molecule has 0 spiro atoms. The molecule has 2 aliphatic heterocycles. The van der Waals surface area contributed by atoms with E-state index in [4.69, 9.17) is 0 Å². The largest absolute Gasteiger partial charge is 0.478 e. The van der Waals surface area contributed by atoms with Crippen LogP contribution in [-0.2, 0) is 17.9 Å². The first-order chi connectivity index (χ1) is 13.1. The van der Waals surface area contributed by atoms with Crippen LogP contribution in [0.25, 0.3) is 0 Å². The number of aromatic nitrogens is 2. The normalized spacial score (nSPS) is 19.7. The van der Waals surface area contributed by atoms with Gasteiger partial charge < -0.3 is 10.0 Å². The zero-order chi connectivity index (χ0) is 18.8. The van der Waals surface area contributed by atoms with E-state index in [1.807, 2.05) is 17.2 Å². The van der Waals surface area contributed by atoms with Crippen molar-refractivity contribution in [1.29, 1.82) is 0 Å². The number of carboxylic acids is 1. The molecule has 0 bridgehead atoms. The molecule has 1 N–H and O–H groups in total. The molecule has 1 fully saturated rings. The summed E-state index contributed by atoms with van der Waals surface area (Å²) in [5, 5.41) is 9.20. The summed E-state index contributed by atoms with van der Waals surface area (Å²) in [5.41, 5.74) is 3.38. The summed E-state index contributed by atoms with van der Waals surface area (Å²) < 4.78 is 0. The van der Waals surface area contributed by atoms with Crippen LogP contribution in [0, 0.1) is 0 Å². The lowest BCUT2D eigenvalue weighted by Crippen LogP contribution is -2.43. The number of benzene rings is 1. The average molecular weight is 366 g/mol. The van der Waals surface area contributed by atoms with Gasteiger partial charge in [-0.25, -0.2) is 14.8 Å². The van der Waals surface area contributed by atoms with Crippen LogP contribution in [0.3, 0.4) is 0 Å². The van der Waals surface area contributed by atoms with E-state index < -0.39 is 5.97 Å². The van der Waals surface area contributed by atoms with Crippen LogP contribution in [-0.4, -0.2) is 56.4 Å². The molecule has 140 valence electrons. The summed E-state index contributed by atoms with van der Waals surface area (Å²) in [7, 11) is 0. The van der Waals surface area contributed by atoms with Crippen molar-refractivity contribution in [2.75, 3.05) is 19.6 Å². The smallest absolute Gasteiger partial charge is 0.335 e. The lowest BCUT2D eigenvalue weighted by Gasteiger charge is -2.34. The van der Waals surface area contributed by atoms with Crippen molar-refractivity contribution in [2.45, 2.75) is 31.8 Å². The van der Waals surface area contributed by atoms with Gasteiger partial charge in [0.15, 0.2) is 0 Å². The first-order valence-corrected chi connectivity index (χ1v) is 9.21. The van der Waals surface area contributed by atoms with E-state index in [0.29, 0.717) is 31.7 Å². The van der Waals surface area contributed by atoms with Crippen molar-refractivity contribution in [3.05, 3.63) is 59.2 Å². The van der Waals surface area contributed by atoms with E-state index in [-0.39, 0.29) is 11.8 Å². The number of rotatable bonds is 4. The maximum Gasteiger partial charge on any atom is 0.335 e. The molecule has 0 radical (unpaired) electrons.